The molecule has 1 aromatic rings. The van der Waals surface area contributed by atoms with Gasteiger partial charge in [0.15, 0.2) is 0 Å². The van der Waals surface area contributed by atoms with Gasteiger partial charge in [0.1, 0.15) is 4.47 Å². The standard InChI is InChI=1S/C11H18BrN3O2S/c1-8(2)7-15-11(16)10(12)9(6-14-15)13-4-5-18(3)17/h6,8,13H,4-5,7H2,1-3H3. The third kappa shape index (κ3) is 4.53. The molecule has 0 amide bonds. The molecule has 0 spiro atoms. The van der Waals surface area contributed by atoms with Crippen LogP contribution < -0.4 is 10.9 Å². The molecule has 1 atom stereocenters. The number of aromatic nitrogens is 2. The monoisotopic (exact) mass is 335 g/mol. The number of hydrogen-bond donors (Lipinski definition) is 1. The maximum absolute atomic E-state index is 12.0. The Morgan fingerprint density at radius 3 is 2.78 bits per heavy atom. The minimum Gasteiger partial charge on any atom is -0.382 e. The largest absolute Gasteiger partial charge is 0.382 e. The Bertz CT molecular complexity index is 488. The summed E-state index contributed by atoms with van der Waals surface area (Å²) >= 11 is 3.28. The summed E-state index contributed by atoms with van der Waals surface area (Å²) in [6, 6.07) is 0. The minimum atomic E-state index is -0.845. The van der Waals surface area contributed by atoms with Crippen molar-refractivity contribution in [3.63, 3.8) is 0 Å². The van der Waals surface area contributed by atoms with E-state index in [4.69, 9.17) is 0 Å². The molecule has 0 bridgehead atoms. The molecule has 0 aliphatic carbocycles. The Labute approximate surface area is 118 Å². The topological polar surface area (TPSA) is 64.0 Å². The van der Waals surface area contributed by atoms with E-state index in [2.05, 4.69) is 26.3 Å². The third-order valence-electron chi connectivity index (χ3n) is 2.23. The van der Waals surface area contributed by atoms with E-state index in [1.54, 1.807) is 12.5 Å². The number of nitrogens with zero attached hydrogens (tertiary/aromatic N) is 2. The van der Waals surface area contributed by atoms with E-state index >= 15 is 0 Å². The van der Waals surface area contributed by atoms with Crippen LogP contribution >= 0.6 is 15.9 Å². The summed E-state index contributed by atoms with van der Waals surface area (Å²) in [5.41, 5.74) is 0.497. The van der Waals surface area contributed by atoms with Crippen molar-refractivity contribution in [2.45, 2.75) is 20.4 Å². The van der Waals surface area contributed by atoms with Crippen LogP contribution in [0.3, 0.4) is 0 Å². The summed E-state index contributed by atoms with van der Waals surface area (Å²) in [6.07, 6.45) is 3.27. The fourth-order valence-electron chi connectivity index (χ4n) is 1.39. The van der Waals surface area contributed by atoms with Gasteiger partial charge in [0.2, 0.25) is 0 Å². The lowest BCUT2D eigenvalue weighted by atomic mass is 10.2. The van der Waals surface area contributed by atoms with Gasteiger partial charge in [-0.15, -0.1) is 0 Å². The van der Waals surface area contributed by atoms with Crippen molar-refractivity contribution < 1.29 is 4.21 Å². The highest BCUT2D eigenvalue weighted by atomic mass is 79.9. The Morgan fingerprint density at radius 2 is 2.22 bits per heavy atom. The molecule has 0 saturated carbocycles. The molecule has 18 heavy (non-hydrogen) atoms. The Balaban J connectivity index is 2.81. The Morgan fingerprint density at radius 1 is 1.56 bits per heavy atom. The summed E-state index contributed by atoms with van der Waals surface area (Å²) in [7, 11) is -0.845. The molecule has 0 aromatic carbocycles. The van der Waals surface area contributed by atoms with E-state index < -0.39 is 10.8 Å². The first-order valence-corrected chi connectivity index (χ1v) is 8.23. The SMILES string of the molecule is CC(C)Cn1ncc(NCCS(C)=O)c(Br)c1=O. The van der Waals surface area contributed by atoms with Crippen LogP contribution in [-0.4, -0.2) is 32.5 Å². The predicted molar refractivity (Wildman–Crippen MR) is 78.5 cm³/mol. The minimum absolute atomic E-state index is 0.147. The number of halogens is 1. The van der Waals surface area contributed by atoms with Crippen LogP contribution in [0, 0.1) is 5.92 Å². The fourth-order valence-corrected chi connectivity index (χ4v) is 2.23. The average molecular weight is 336 g/mol. The normalized spacial score (nSPS) is 12.7. The van der Waals surface area contributed by atoms with Crippen LogP contribution in [0.15, 0.2) is 15.5 Å². The van der Waals surface area contributed by atoms with Gasteiger partial charge in [-0.2, -0.15) is 5.10 Å². The van der Waals surface area contributed by atoms with E-state index in [0.29, 0.717) is 34.9 Å². The van der Waals surface area contributed by atoms with E-state index in [0.717, 1.165) is 0 Å². The Hall–Kier alpha value is -0.690. The Kier molecular flexibility index (Phi) is 6.01. The average Bonchev–Trinajstić information content (AvgIpc) is 2.27. The van der Waals surface area contributed by atoms with Gasteiger partial charge in [-0.05, 0) is 21.8 Å². The smallest absolute Gasteiger partial charge is 0.283 e. The number of anilines is 1. The van der Waals surface area contributed by atoms with Gasteiger partial charge in [0.25, 0.3) is 5.56 Å². The first-order chi connectivity index (χ1) is 8.41. The number of hydrogen-bond acceptors (Lipinski definition) is 4. The van der Waals surface area contributed by atoms with Gasteiger partial charge in [-0.3, -0.25) is 9.00 Å². The van der Waals surface area contributed by atoms with E-state index in [1.807, 2.05) is 13.8 Å². The number of rotatable bonds is 6. The lowest BCUT2D eigenvalue weighted by Gasteiger charge is -2.11. The zero-order valence-electron chi connectivity index (χ0n) is 10.8. The summed E-state index contributed by atoms with van der Waals surface area (Å²) in [4.78, 5) is 12.0. The zero-order valence-corrected chi connectivity index (χ0v) is 13.2. The lowest BCUT2D eigenvalue weighted by Crippen LogP contribution is -2.26. The van der Waals surface area contributed by atoms with Crippen LogP contribution in [0.5, 0.6) is 0 Å². The molecule has 1 unspecified atom stereocenters. The van der Waals surface area contributed by atoms with Crippen LogP contribution in [0.1, 0.15) is 13.8 Å². The van der Waals surface area contributed by atoms with Gasteiger partial charge in [0.05, 0.1) is 11.9 Å². The first kappa shape index (κ1) is 15.4. The molecule has 0 aliphatic rings. The van der Waals surface area contributed by atoms with Crippen LogP contribution in [0.2, 0.25) is 0 Å². The fraction of sp³-hybridized carbons (Fsp3) is 0.636. The molecule has 1 aromatic heterocycles. The van der Waals surface area contributed by atoms with E-state index in [1.165, 1.54) is 4.68 Å². The molecule has 7 heteroatoms. The van der Waals surface area contributed by atoms with Crippen LogP contribution in [0.25, 0.3) is 0 Å². The van der Waals surface area contributed by atoms with Crippen molar-refractivity contribution in [1.29, 1.82) is 0 Å². The van der Waals surface area contributed by atoms with E-state index in [-0.39, 0.29) is 5.56 Å². The van der Waals surface area contributed by atoms with Crippen molar-refractivity contribution >= 4 is 32.4 Å². The third-order valence-corrected chi connectivity index (χ3v) is 3.77. The molecule has 0 fully saturated rings. The van der Waals surface area contributed by atoms with Gasteiger partial charge in [-0.1, -0.05) is 13.8 Å². The molecule has 5 nitrogen and oxygen atoms in total. The molecule has 1 heterocycles. The maximum atomic E-state index is 12.0. The number of nitrogens with one attached hydrogen (secondary N) is 1. The van der Waals surface area contributed by atoms with Crippen molar-refractivity contribution in [3.8, 4) is 0 Å². The van der Waals surface area contributed by atoms with Gasteiger partial charge < -0.3 is 5.32 Å². The second-order valence-electron chi connectivity index (χ2n) is 4.46. The van der Waals surface area contributed by atoms with Crippen molar-refractivity contribution in [3.05, 3.63) is 21.0 Å². The van der Waals surface area contributed by atoms with Crippen molar-refractivity contribution in [2.75, 3.05) is 23.9 Å². The summed E-state index contributed by atoms with van der Waals surface area (Å²) < 4.78 is 12.9. The molecule has 0 aliphatic heterocycles. The predicted octanol–water partition coefficient (Wildman–Crippen LogP) is 1.45. The molecule has 1 rings (SSSR count). The lowest BCUT2D eigenvalue weighted by molar-refractivity contribution is 0.462. The van der Waals surface area contributed by atoms with Gasteiger partial charge in [-0.25, -0.2) is 4.68 Å². The molecule has 0 saturated heterocycles. The van der Waals surface area contributed by atoms with Gasteiger partial charge in [0, 0.05) is 35.9 Å². The molecular formula is C11H18BrN3O2S. The highest BCUT2D eigenvalue weighted by Gasteiger charge is 2.09. The summed E-state index contributed by atoms with van der Waals surface area (Å²) in [5.74, 6) is 0.907. The molecule has 1 N–H and O–H groups in total. The van der Waals surface area contributed by atoms with Gasteiger partial charge >= 0.3 is 0 Å². The molecular weight excluding hydrogens is 318 g/mol. The van der Waals surface area contributed by atoms with Crippen molar-refractivity contribution in [1.82, 2.24) is 9.78 Å². The quantitative estimate of drug-likeness (QED) is 0.854. The highest BCUT2D eigenvalue weighted by molar-refractivity contribution is 9.10. The van der Waals surface area contributed by atoms with E-state index in [9.17, 15) is 9.00 Å². The summed E-state index contributed by atoms with van der Waals surface area (Å²) in [6.45, 7) is 5.21. The second-order valence-corrected chi connectivity index (χ2v) is 6.81. The zero-order chi connectivity index (χ0) is 13.7. The highest BCUT2D eigenvalue weighted by Crippen LogP contribution is 2.15. The first-order valence-electron chi connectivity index (χ1n) is 5.71. The molecule has 0 radical (unpaired) electrons. The second kappa shape index (κ2) is 7.04. The van der Waals surface area contributed by atoms with Crippen LogP contribution in [-0.2, 0) is 17.3 Å². The van der Waals surface area contributed by atoms with Crippen LogP contribution in [0.4, 0.5) is 5.69 Å². The van der Waals surface area contributed by atoms with Crippen molar-refractivity contribution in [2.24, 2.45) is 5.92 Å². The maximum Gasteiger partial charge on any atom is 0.283 e. The summed E-state index contributed by atoms with van der Waals surface area (Å²) in [5, 5.41) is 7.16. The molecule has 102 valence electrons.